The number of hydrogen-bond donors (Lipinski definition) is 1. The molecule has 0 radical (unpaired) electrons. The van der Waals surface area contributed by atoms with E-state index in [9.17, 15) is 4.79 Å². The predicted octanol–water partition coefficient (Wildman–Crippen LogP) is 3.94. The van der Waals surface area contributed by atoms with Crippen molar-refractivity contribution in [3.05, 3.63) is 91.8 Å². The maximum atomic E-state index is 13.1. The molecule has 0 aliphatic carbocycles. The molecule has 130 valence electrons. The van der Waals surface area contributed by atoms with Crippen molar-refractivity contribution < 1.29 is 9.69 Å². The number of piperidine rings is 1. The van der Waals surface area contributed by atoms with Crippen LogP contribution in [-0.4, -0.2) is 18.9 Å². The number of rotatable bonds is 4. The largest absolute Gasteiger partial charge is 0.323 e. The molecule has 0 bridgehead atoms. The summed E-state index contributed by atoms with van der Waals surface area (Å²) in [6.45, 7) is 2.51. The van der Waals surface area contributed by atoms with E-state index in [0.29, 0.717) is 0 Å². The Bertz CT molecular complexity index is 922. The van der Waals surface area contributed by atoms with Gasteiger partial charge in [-0.1, -0.05) is 42.5 Å². The number of Topliss-reactive ketones (excluding diaryl/α,β-unsaturated/α-hetero) is 1. The summed E-state index contributed by atoms with van der Waals surface area (Å²) in [4.78, 5) is 17.0. The van der Waals surface area contributed by atoms with E-state index in [1.54, 1.807) is 22.7 Å². The Kier molecular flexibility index (Phi) is 5.25. The molecule has 2 aromatic heterocycles. The normalized spacial score (nSPS) is 20.8. The number of quaternary nitrogens is 1. The lowest BCUT2D eigenvalue weighted by molar-refractivity contribution is -0.904. The number of ketones is 1. The smallest absolute Gasteiger partial charge is 0.196 e. The monoisotopic (exact) mass is 378 g/mol. The maximum absolute atomic E-state index is 13.1. The zero-order chi connectivity index (χ0) is 17.8. The van der Waals surface area contributed by atoms with Crippen molar-refractivity contribution >= 4 is 40.6 Å². The van der Waals surface area contributed by atoms with Crippen molar-refractivity contribution in [2.45, 2.75) is 6.54 Å². The first-order chi connectivity index (χ1) is 12.8. The number of hydrogen-bond acceptors (Lipinski definition) is 3. The van der Waals surface area contributed by atoms with E-state index in [4.69, 9.17) is 0 Å². The molecule has 2 nitrogen and oxygen atoms in total. The molecule has 0 saturated carbocycles. The predicted molar refractivity (Wildman–Crippen MR) is 110 cm³/mol. The average molecular weight is 379 g/mol. The van der Waals surface area contributed by atoms with E-state index in [0.717, 1.165) is 41.2 Å². The molecule has 1 aliphatic rings. The molecule has 1 N–H and O–H groups in total. The fraction of sp³-hybridized carbons (Fsp3) is 0.136. The minimum Gasteiger partial charge on any atom is -0.323 e. The summed E-state index contributed by atoms with van der Waals surface area (Å²) in [6.07, 6.45) is 4.12. The number of carbonyl (C=O) groups excluding carboxylic acids is 1. The van der Waals surface area contributed by atoms with Crippen LogP contribution in [0, 0.1) is 0 Å². The summed E-state index contributed by atoms with van der Waals surface area (Å²) in [5.74, 6) is 0.192. The minimum absolute atomic E-state index is 0.192. The molecule has 1 aliphatic heterocycles. The molecule has 1 atom stereocenters. The van der Waals surface area contributed by atoms with E-state index in [-0.39, 0.29) is 5.78 Å². The molecular weight excluding hydrogens is 358 g/mol. The molecule has 0 spiro atoms. The lowest BCUT2D eigenvalue weighted by Crippen LogP contribution is -3.12. The highest BCUT2D eigenvalue weighted by Crippen LogP contribution is 2.19. The van der Waals surface area contributed by atoms with E-state index in [2.05, 4.69) is 53.2 Å². The Morgan fingerprint density at radius 3 is 2.27 bits per heavy atom. The summed E-state index contributed by atoms with van der Waals surface area (Å²) in [6, 6.07) is 18.5. The van der Waals surface area contributed by atoms with Gasteiger partial charge in [-0.05, 0) is 40.6 Å². The van der Waals surface area contributed by atoms with E-state index in [1.165, 1.54) is 9.78 Å². The lowest BCUT2D eigenvalue weighted by atomic mass is 9.95. The fourth-order valence-electron chi connectivity index (χ4n) is 3.28. The molecule has 0 amide bonds. The Morgan fingerprint density at radius 2 is 1.58 bits per heavy atom. The highest BCUT2D eigenvalue weighted by molar-refractivity contribution is 7.10. The molecule has 3 aromatic rings. The molecule has 3 heterocycles. The third-order valence-corrected chi connectivity index (χ3v) is 6.16. The van der Waals surface area contributed by atoms with Gasteiger partial charge in [0.1, 0.15) is 19.6 Å². The van der Waals surface area contributed by atoms with Gasteiger partial charge in [-0.25, -0.2) is 0 Å². The van der Waals surface area contributed by atoms with Gasteiger partial charge in [-0.15, -0.1) is 22.7 Å². The summed E-state index contributed by atoms with van der Waals surface area (Å²) >= 11 is 3.46. The molecule has 26 heavy (non-hydrogen) atoms. The van der Waals surface area contributed by atoms with Crippen LogP contribution in [0.1, 0.15) is 15.3 Å². The first kappa shape index (κ1) is 17.2. The van der Waals surface area contributed by atoms with E-state index >= 15 is 0 Å². The third kappa shape index (κ3) is 4.10. The van der Waals surface area contributed by atoms with Crippen LogP contribution in [0.25, 0.3) is 12.2 Å². The summed E-state index contributed by atoms with van der Waals surface area (Å²) in [5, 5.41) is 4.17. The van der Waals surface area contributed by atoms with Crippen LogP contribution in [0.4, 0.5) is 0 Å². The van der Waals surface area contributed by atoms with Crippen LogP contribution in [0.3, 0.4) is 0 Å². The maximum Gasteiger partial charge on any atom is 0.196 e. The van der Waals surface area contributed by atoms with Gasteiger partial charge < -0.3 is 4.90 Å². The number of benzene rings is 1. The van der Waals surface area contributed by atoms with Crippen LogP contribution in [-0.2, 0) is 11.3 Å². The molecule has 1 saturated heterocycles. The molecule has 1 fully saturated rings. The van der Waals surface area contributed by atoms with Crippen molar-refractivity contribution in [3.63, 3.8) is 0 Å². The summed E-state index contributed by atoms with van der Waals surface area (Å²) in [5.41, 5.74) is 2.90. The second-order valence-corrected chi connectivity index (χ2v) is 8.47. The van der Waals surface area contributed by atoms with Gasteiger partial charge in [0.15, 0.2) is 5.78 Å². The summed E-state index contributed by atoms with van der Waals surface area (Å²) in [7, 11) is 0. The van der Waals surface area contributed by atoms with Crippen molar-refractivity contribution in [1.29, 1.82) is 0 Å². The zero-order valence-corrected chi connectivity index (χ0v) is 16.0. The van der Waals surface area contributed by atoms with Crippen LogP contribution < -0.4 is 4.90 Å². The molecule has 1 aromatic carbocycles. The second-order valence-electron chi connectivity index (χ2n) is 6.45. The van der Waals surface area contributed by atoms with E-state index < -0.39 is 0 Å². The van der Waals surface area contributed by atoms with Crippen LogP contribution in [0.2, 0.25) is 0 Å². The molecule has 1 unspecified atom stereocenters. The van der Waals surface area contributed by atoms with Crippen molar-refractivity contribution in [2.24, 2.45) is 0 Å². The highest BCUT2D eigenvalue weighted by atomic mass is 32.1. The number of likely N-dealkylation sites (tertiary alicyclic amines) is 1. The van der Waals surface area contributed by atoms with Gasteiger partial charge in [-0.2, -0.15) is 0 Å². The standard InChI is InChI=1S/C22H19NOS2/c24-22-18(12-17-6-2-1-3-7-17)14-23(16-21-9-5-11-26-21)15-19(22)13-20-8-4-10-25-20/h1-13H,14-16H2/p+1/b18-12-,19-13+. The van der Waals surface area contributed by atoms with Gasteiger partial charge >= 0.3 is 0 Å². The lowest BCUT2D eigenvalue weighted by Gasteiger charge is -2.26. The topological polar surface area (TPSA) is 21.5 Å². The second kappa shape index (κ2) is 7.96. The van der Waals surface area contributed by atoms with Crippen molar-refractivity contribution in [3.8, 4) is 0 Å². The number of thiophene rings is 2. The zero-order valence-electron chi connectivity index (χ0n) is 14.4. The van der Waals surface area contributed by atoms with Crippen LogP contribution in [0.15, 0.2) is 76.5 Å². The molecular formula is C22H20NOS2+. The first-order valence-electron chi connectivity index (χ1n) is 8.68. The Morgan fingerprint density at radius 1 is 0.846 bits per heavy atom. The molecule has 4 rings (SSSR count). The Balaban J connectivity index is 1.66. The fourth-order valence-corrected chi connectivity index (χ4v) is 4.74. The van der Waals surface area contributed by atoms with Gasteiger partial charge in [0, 0.05) is 4.88 Å². The highest BCUT2D eigenvalue weighted by Gasteiger charge is 2.29. The van der Waals surface area contributed by atoms with Gasteiger partial charge in [-0.3, -0.25) is 4.79 Å². The average Bonchev–Trinajstić information content (AvgIpc) is 3.34. The van der Waals surface area contributed by atoms with Gasteiger partial charge in [0.2, 0.25) is 0 Å². The third-order valence-electron chi connectivity index (χ3n) is 4.47. The Hall–Kier alpha value is -2.27. The Labute approximate surface area is 161 Å². The van der Waals surface area contributed by atoms with Crippen LogP contribution >= 0.6 is 22.7 Å². The van der Waals surface area contributed by atoms with Crippen molar-refractivity contribution in [2.75, 3.05) is 13.1 Å². The van der Waals surface area contributed by atoms with Gasteiger partial charge in [0.25, 0.3) is 0 Å². The quantitative estimate of drug-likeness (QED) is 0.682. The first-order valence-corrected chi connectivity index (χ1v) is 10.4. The van der Waals surface area contributed by atoms with E-state index in [1.807, 2.05) is 24.3 Å². The summed E-state index contributed by atoms with van der Waals surface area (Å²) < 4.78 is 0. The SMILES string of the molecule is O=C1/C(=C\c2ccccc2)C[NH+](Cc2cccs2)C/C1=C\c1cccs1. The minimum atomic E-state index is 0.192. The van der Waals surface area contributed by atoms with Crippen molar-refractivity contribution in [1.82, 2.24) is 0 Å². The number of carbonyl (C=O) groups is 1. The van der Waals surface area contributed by atoms with Crippen LogP contribution in [0.5, 0.6) is 0 Å². The molecule has 4 heteroatoms. The number of nitrogens with one attached hydrogen (secondary N) is 1. The van der Waals surface area contributed by atoms with Gasteiger partial charge in [0.05, 0.1) is 16.0 Å².